The molecule has 2 rings (SSSR count). The molecule has 0 radical (unpaired) electrons. The lowest BCUT2D eigenvalue weighted by Gasteiger charge is -2.08. The van der Waals surface area contributed by atoms with Gasteiger partial charge in [-0.25, -0.2) is 0 Å². The lowest BCUT2D eigenvalue weighted by atomic mass is 10.2. The molecule has 0 heterocycles. The van der Waals surface area contributed by atoms with Crippen LogP contribution >= 0.6 is 11.6 Å². The van der Waals surface area contributed by atoms with Crippen LogP contribution in [0.15, 0.2) is 54.6 Å². The fourth-order valence-electron chi connectivity index (χ4n) is 1.96. The van der Waals surface area contributed by atoms with E-state index in [1.165, 1.54) is 6.08 Å². The highest BCUT2D eigenvalue weighted by atomic mass is 35.5. The fraction of sp³-hybridized carbons (Fsp3) is 0.211. The average molecular weight is 330 g/mol. The molecule has 3 nitrogen and oxygen atoms in total. The van der Waals surface area contributed by atoms with Gasteiger partial charge in [0, 0.05) is 22.3 Å². The molecule has 2 aromatic carbocycles. The highest BCUT2D eigenvalue weighted by Crippen LogP contribution is 2.20. The molecule has 0 aliphatic carbocycles. The first kappa shape index (κ1) is 17.1. The summed E-state index contributed by atoms with van der Waals surface area (Å²) in [6.45, 7) is 2.80. The second-order valence-electron chi connectivity index (χ2n) is 5.07. The van der Waals surface area contributed by atoms with Gasteiger partial charge in [-0.05, 0) is 42.8 Å². The molecule has 120 valence electrons. The summed E-state index contributed by atoms with van der Waals surface area (Å²) in [5.41, 5.74) is 1.59. The first-order chi connectivity index (χ1) is 11.2. The Hall–Kier alpha value is -2.26. The molecular weight excluding hydrogens is 310 g/mol. The summed E-state index contributed by atoms with van der Waals surface area (Å²) in [6.07, 6.45) is 5.35. The van der Waals surface area contributed by atoms with Crippen LogP contribution in [-0.2, 0) is 4.79 Å². The van der Waals surface area contributed by atoms with E-state index in [-0.39, 0.29) is 5.91 Å². The summed E-state index contributed by atoms with van der Waals surface area (Å²) < 4.78 is 5.74. The number of anilines is 1. The molecule has 23 heavy (non-hydrogen) atoms. The van der Waals surface area contributed by atoms with Crippen LogP contribution in [0, 0.1) is 0 Å². The molecule has 0 saturated heterocycles. The van der Waals surface area contributed by atoms with Crippen molar-refractivity contribution in [2.75, 3.05) is 11.9 Å². The highest BCUT2D eigenvalue weighted by molar-refractivity contribution is 6.30. The maximum Gasteiger partial charge on any atom is 0.248 e. The third-order valence-corrected chi connectivity index (χ3v) is 3.45. The standard InChI is InChI=1S/C19H20ClNO2/c1-2-3-14-23-18-7-5-4-6-15(18)8-13-19(22)21-17-11-9-16(20)10-12-17/h4-13H,2-3,14H2,1H3,(H,21,22)/b13-8+. The Kier molecular flexibility index (Phi) is 6.70. The minimum Gasteiger partial charge on any atom is -0.493 e. The van der Waals surface area contributed by atoms with E-state index in [1.807, 2.05) is 24.3 Å². The summed E-state index contributed by atoms with van der Waals surface area (Å²) in [7, 11) is 0. The topological polar surface area (TPSA) is 38.3 Å². The van der Waals surface area contributed by atoms with E-state index in [0.717, 1.165) is 24.2 Å². The van der Waals surface area contributed by atoms with Gasteiger partial charge in [0.2, 0.25) is 5.91 Å². The van der Waals surface area contributed by atoms with Crippen LogP contribution in [0.1, 0.15) is 25.3 Å². The normalized spacial score (nSPS) is 10.7. The second-order valence-corrected chi connectivity index (χ2v) is 5.51. The summed E-state index contributed by atoms with van der Waals surface area (Å²) in [4.78, 5) is 12.0. The van der Waals surface area contributed by atoms with Gasteiger partial charge in [0.15, 0.2) is 0 Å². The minimum atomic E-state index is -0.198. The maximum absolute atomic E-state index is 12.0. The van der Waals surface area contributed by atoms with Crippen molar-refractivity contribution in [3.8, 4) is 5.75 Å². The first-order valence-corrected chi connectivity index (χ1v) is 8.03. The summed E-state index contributed by atoms with van der Waals surface area (Å²) >= 11 is 5.82. The van der Waals surface area contributed by atoms with Crippen LogP contribution in [0.2, 0.25) is 5.02 Å². The molecular formula is C19H20ClNO2. The number of benzene rings is 2. The van der Waals surface area contributed by atoms with Gasteiger partial charge >= 0.3 is 0 Å². The van der Waals surface area contributed by atoms with Gasteiger partial charge in [0.25, 0.3) is 0 Å². The number of rotatable bonds is 7. The van der Waals surface area contributed by atoms with Gasteiger partial charge in [-0.3, -0.25) is 4.79 Å². The Morgan fingerprint density at radius 3 is 2.65 bits per heavy atom. The van der Waals surface area contributed by atoms with Crippen molar-refractivity contribution in [3.63, 3.8) is 0 Å². The molecule has 0 spiro atoms. The Labute approximate surface area is 141 Å². The van der Waals surface area contributed by atoms with Crippen LogP contribution in [0.3, 0.4) is 0 Å². The van der Waals surface area contributed by atoms with Crippen LogP contribution in [0.25, 0.3) is 6.08 Å². The first-order valence-electron chi connectivity index (χ1n) is 7.65. The number of hydrogen-bond donors (Lipinski definition) is 1. The van der Waals surface area contributed by atoms with Crippen molar-refractivity contribution in [2.24, 2.45) is 0 Å². The van der Waals surface area contributed by atoms with Crippen molar-refractivity contribution in [1.29, 1.82) is 0 Å². The lowest BCUT2D eigenvalue weighted by molar-refractivity contribution is -0.111. The summed E-state index contributed by atoms with van der Waals surface area (Å²) in [5.74, 6) is 0.590. The predicted molar refractivity (Wildman–Crippen MR) is 96.0 cm³/mol. The molecule has 1 N–H and O–H groups in total. The number of carbonyl (C=O) groups excluding carboxylic acids is 1. The zero-order valence-electron chi connectivity index (χ0n) is 13.1. The lowest BCUT2D eigenvalue weighted by Crippen LogP contribution is -2.07. The third-order valence-electron chi connectivity index (χ3n) is 3.20. The average Bonchev–Trinajstić information content (AvgIpc) is 2.56. The van der Waals surface area contributed by atoms with Crippen molar-refractivity contribution < 1.29 is 9.53 Å². The van der Waals surface area contributed by atoms with E-state index in [2.05, 4.69) is 12.2 Å². The Morgan fingerprint density at radius 2 is 1.91 bits per heavy atom. The van der Waals surface area contributed by atoms with E-state index >= 15 is 0 Å². The second kappa shape index (κ2) is 9.01. The number of nitrogens with one attached hydrogen (secondary N) is 1. The van der Waals surface area contributed by atoms with E-state index in [0.29, 0.717) is 17.3 Å². The Bertz CT molecular complexity index is 665. The third kappa shape index (κ3) is 5.80. The SMILES string of the molecule is CCCCOc1ccccc1/C=C/C(=O)Nc1ccc(Cl)cc1. The van der Waals surface area contributed by atoms with Crippen LogP contribution in [0.5, 0.6) is 5.75 Å². The van der Waals surface area contributed by atoms with Gasteiger partial charge < -0.3 is 10.1 Å². The van der Waals surface area contributed by atoms with Gasteiger partial charge in [0.05, 0.1) is 6.61 Å². The zero-order valence-corrected chi connectivity index (χ0v) is 13.8. The number of hydrogen-bond acceptors (Lipinski definition) is 2. The van der Waals surface area contributed by atoms with E-state index < -0.39 is 0 Å². The van der Waals surface area contributed by atoms with Crippen LogP contribution in [0.4, 0.5) is 5.69 Å². The molecule has 0 aliphatic heterocycles. The molecule has 0 fully saturated rings. The largest absolute Gasteiger partial charge is 0.493 e. The number of halogens is 1. The molecule has 4 heteroatoms. The quantitative estimate of drug-likeness (QED) is 0.562. The number of ether oxygens (including phenoxy) is 1. The van der Waals surface area contributed by atoms with E-state index in [1.54, 1.807) is 30.3 Å². The summed E-state index contributed by atoms with van der Waals surface area (Å²) in [5, 5.41) is 3.42. The zero-order chi connectivity index (χ0) is 16.5. The molecule has 0 saturated carbocycles. The van der Waals surface area contributed by atoms with Gasteiger partial charge in [-0.15, -0.1) is 0 Å². The molecule has 0 unspecified atom stereocenters. The Morgan fingerprint density at radius 1 is 1.17 bits per heavy atom. The fourth-order valence-corrected chi connectivity index (χ4v) is 2.08. The highest BCUT2D eigenvalue weighted by Gasteiger charge is 2.01. The van der Waals surface area contributed by atoms with Gasteiger partial charge in [0.1, 0.15) is 5.75 Å². The van der Waals surface area contributed by atoms with Gasteiger partial charge in [-0.2, -0.15) is 0 Å². The predicted octanol–water partition coefficient (Wildman–Crippen LogP) is 5.17. The van der Waals surface area contributed by atoms with Crippen molar-refractivity contribution in [1.82, 2.24) is 0 Å². The van der Waals surface area contributed by atoms with Crippen LogP contribution in [-0.4, -0.2) is 12.5 Å². The smallest absolute Gasteiger partial charge is 0.248 e. The van der Waals surface area contributed by atoms with Crippen LogP contribution < -0.4 is 10.1 Å². The van der Waals surface area contributed by atoms with Crippen molar-refractivity contribution >= 4 is 29.3 Å². The van der Waals surface area contributed by atoms with Gasteiger partial charge in [-0.1, -0.05) is 43.1 Å². The molecule has 0 aromatic heterocycles. The van der Waals surface area contributed by atoms with E-state index in [9.17, 15) is 4.79 Å². The minimum absolute atomic E-state index is 0.198. The monoisotopic (exact) mass is 329 g/mol. The molecule has 0 aliphatic rings. The number of unbranched alkanes of at least 4 members (excludes halogenated alkanes) is 1. The molecule has 2 aromatic rings. The maximum atomic E-state index is 12.0. The number of para-hydroxylation sites is 1. The molecule has 1 amide bonds. The van der Waals surface area contributed by atoms with E-state index in [4.69, 9.17) is 16.3 Å². The molecule has 0 bridgehead atoms. The summed E-state index contributed by atoms with van der Waals surface area (Å²) in [6, 6.07) is 14.7. The number of carbonyl (C=O) groups is 1. The molecule has 0 atom stereocenters. The Balaban J connectivity index is 1.98. The van der Waals surface area contributed by atoms with Crippen molar-refractivity contribution in [2.45, 2.75) is 19.8 Å². The van der Waals surface area contributed by atoms with Crippen molar-refractivity contribution in [3.05, 3.63) is 65.2 Å². The number of amides is 1.